The van der Waals surface area contributed by atoms with Gasteiger partial charge in [0.2, 0.25) is 0 Å². The summed E-state index contributed by atoms with van der Waals surface area (Å²) in [5, 5.41) is 54.1. The molecule has 11 fully saturated rings. The summed E-state index contributed by atoms with van der Waals surface area (Å²) in [5.41, 5.74) is 2.62. The lowest BCUT2D eigenvalue weighted by Crippen LogP contribution is -2.62. The first-order valence-electron chi connectivity index (χ1n) is 32.6. The summed E-state index contributed by atoms with van der Waals surface area (Å²) < 4.78 is 24.3. The number of aliphatic hydroxyl groups excluding tert-OH is 3. The van der Waals surface area contributed by atoms with Crippen molar-refractivity contribution in [3.05, 3.63) is 34.9 Å². The van der Waals surface area contributed by atoms with Crippen molar-refractivity contribution in [3.63, 3.8) is 0 Å². The van der Waals surface area contributed by atoms with E-state index in [2.05, 4.69) is 80.5 Å². The minimum atomic E-state index is -0.746. The van der Waals surface area contributed by atoms with E-state index in [1.165, 1.54) is 29.6 Å². The molecule has 0 spiro atoms. The minimum Gasteiger partial charge on any atom is -0.393 e. The van der Waals surface area contributed by atoms with Crippen molar-refractivity contribution in [1.82, 2.24) is 0 Å². The van der Waals surface area contributed by atoms with E-state index in [4.69, 9.17) is 18.9 Å². The van der Waals surface area contributed by atoms with Gasteiger partial charge in [-0.15, -0.1) is 0 Å². The summed E-state index contributed by atoms with van der Waals surface area (Å²) in [6.45, 7) is 26.8. The van der Waals surface area contributed by atoms with Crippen LogP contribution in [0.1, 0.15) is 211 Å². The SMILES string of the molecule is CC(=O)[C@H]1CCC2C3CC=C4C[C@@H](O)CC[C@]4(C)C3[C@@](C)(O)C[C@@]21C.CC1([C@H]2CCC3C4CC=C5C[C@@H](O)CC[C@]5(C)C4C(=O)C[C@@]32C)OCCO1.CC1([C@H]2CCC3C4CC=C5C[C@@H](O)CC[C@]5(C)C4[C@@](C)(O)C[C@@]32C)OCCO1. The van der Waals surface area contributed by atoms with Crippen LogP contribution in [-0.2, 0) is 28.5 Å². The molecule has 23 atom stereocenters. The Kier molecular flexibility index (Phi) is 14.5. The molecule has 0 amide bonds. The largest absolute Gasteiger partial charge is 0.393 e. The molecule has 2 heterocycles. The molecule has 9 saturated carbocycles. The van der Waals surface area contributed by atoms with E-state index < -0.39 is 22.8 Å². The van der Waals surface area contributed by atoms with Gasteiger partial charge < -0.3 is 44.5 Å². The number of hydrogen-bond donors (Lipinski definition) is 5. The lowest BCUT2D eigenvalue weighted by Gasteiger charge is -2.63. The predicted molar refractivity (Wildman–Crippen MR) is 307 cm³/mol. The Balaban J connectivity index is 0.000000120. The van der Waals surface area contributed by atoms with Crippen molar-refractivity contribution in [2.75, 3.05) is 26.4 Å². The van der Waals surface area contributed by atoms with E-state index in [0.717, 1.165) is 116 Å². The van der Waals surface area contributed by atoms with Crippen LogP contribution >= 0.6 is 0 Å². The van der Waals surface area contributed by atoms with Gasteiger partial charge in [-0.25, -0.2) is 0 Å². The van der Waals surface area contributed by atoms with Crippen molar-refractivity contribution in [2.45, 2.75) is 252 Å². The van der Waals surface area contributed by atoms with Gasteiger partial charge in [0.1, 0.15) is 11.6 Å². The van der Waals surface area contributed by atoms with Gasteiger partial charge in [-0.1, -0.05) is 76.5 Å². The second kappa shape index (κ2) is 19.9. The average Bonchev–Trinajstić information content (AvgIpc) is 3.12. The van der Waals surface area contributed by atoms with Crippen molar-refractivity contribution in [1.29, 1.82) is 0 Å². The fraction of sp³-hybridized carbons (Fsp3) is 0.884. The molecule has 5 N–H and O–H groups in total. The highest BCUT2D eigenvalue weighted by Gasteiger charge is 2.70. The molecule has 0 aromatic heterocycles. The van der Waals surface area contributed by atoms with Crippen LogP contribution in [0.5, 0.6) is 0 Å². The summed E-state index contributed by atoms with van der Waals surface area (Å²) >= 11 is 0. The van der Waals surface area contributed by atoms with Gasteiger partial charge in [0.15, 0.2) is 11.6 Å². The molecule has 2 aliphatic heterocycles. The average molecular weight is 1110 g/mol. The molecule has 0 aromatic rings. The first-order chi connectivity index (χ1) is 37.5. The number of Topliss-reactive ketones (excluding diaryl/α,β-unsaturated/α-hetero) is 2. The minimum absolute atomic E-state index is 0.00128. The fourth-order valence-electron chi connectivity index (χ4n) is 25.2. The smallest absolute Gasteiger partial charge is 0.169 e. The number of aliphatic hydroxyl groups is 5. The number of ether oxygens (including phenoxy) is 4. The molecule has 0 radical (unpaired) electrons. The number of fused-ring (bicyclic) bond motifs is 15. The Hall–Kier alpha value is -1.80. The Bertz CT molecular complexity index is 2520. The number of allylic oxidation sites excluding steroid dienone is 3. The summed E-state index contributed by atoms with van der Waals surface area (Å²) in [6.07, 6.45) is 26.3. The normalized spacial score (nSPS) is 53.8. The molecule has 0 aromatic carbocycles. The van der Waals surface area contributed by atoms with E-state index in [9.17, 15) is 35.1 Å². The number of carbonyl (C=O) groups excluding carboxylic acids is 2. The molecular formula is C69H106O11. The zero-order valence-corrected chi connectivity index (χ0v) is 51.3. The summed E-state index contributed by atoms with van der Waals surface area (Å²) in [5.74, 6) is 4.26. The van der Waals surface area contributed by atoms with Crippen LogP contribution in [0.3, 0.4) is 0 Å². The maximum absolute atomic E-state index is 13.6. The molecule has 14 aliphatic rings. The van der Waals surface area contributed by atoms with Gasteiger partial charge in [-0.3, -0.25) is 9.59 Å². The van der Waals surface area contributed by atoms with Gasteiger partial charge in [-0.2, -0.15) is 0 Å². The Morgan fingerprint density at radius 2 is 0.863 bits per heavy atom. The second-order valence-corrected chi connectivity index (χ2v) is 32.2. The molecule has 12 aliphatic carbocycles. The van der Waals surface area contributed by atoms with E-state index in [1.54, 1.807) is 6.92 Å². The molecule has 80 heavy (non-hydrogen) atoms. The molecule has 2 saturated heterocycles. The topological polar surface area (TPSA) is 172 Å². The Morgan fingerprint density at radius 1 is 0.487 bits per heavy atom. The number of hydrogen-bond acceptors (Lipinski definition) is 11. The van der Waals surface area contributed by atoms with E-state index in [0.29, 0.717) is 91.8 Å². The van der Waals surface area contributed by atoms with Crippen LogP contribution in [0.4, 0.5) is 0 Å². The number of carbonyl (C=O) groups is 2. The van der Waals surface area contributed by atoms with Crippen LogP contribution < -0.4 is 0 Å². The zero-order chi connectivity index (χ0) is 57.2. The van der Waals surface area contributed by atoms with Crippen molar-refractivity contribution < 1.29 is 54.1 Å². The van der Waals surface area contributed by atoms with E-state index in [-0.39, 0.29) is 74.5 Å². The maximum atomic E-state index is 13.6. The van der Waals surface area contributed by atoms with Gasteiger partial charge >= 0.3 is 0 Å². The van der Waals surface area contributed by atoms with Gasteiger partial charge in [-0.05, 0) is 243 Å². The van der Waals surface area contributed by atoms with E-state index in [1.807, 2.05) is 6.92 Å². The lowest BCUT2D eigenvalue weighted by molar-refractivity contribution is -0.238. The van der Waals surface area contributed by atoms with Crippen LogP contribution in [0.2, 0.25) is 0 Å². The van der Waals surface area contributed by atoms with Gasteiger partial charge in [0.25, 0.3) is 0 Å². The van der Waals surface area contributed by atoms with Crippen LogP contribution in [-0.4, -0.2) is 105 Å². The molecule has 11 heteroatoms. The molecule has 11 nitrogen and oxygen atoms in total. The third-order valence-corrected chi connectivity index (χ3v) is 27.8. The maximum Gasteiger partial charge on any atom is 0.169 e. The van der Waals surface area contributed by atoms with Crippen LogP contribution in [0.15, 0.2) is 34.9 Å². The lowest BCUT2D eigenvalue weighted by atomic mass is 9.43. The van der Waals surface area contributed by atoms with Gasteiger partial charge in [0, 0.05) is 30.1 Å². The standard InChI is InChI=1S/C24H38O4.C23H34O4.C22H34O3/c1-21-10-9-16(25)13-15(21)5-6-17-18-7-8-19(24(4)27-11-12-28-24)22(18,2)14-23(3,26)20(17)21;1-21-9-8-15(24)12-14(21)4-5-16-17-6-7-19(23(3)26-10-11-27-23)22(17,2)13-18(25)20(16)21;1-13(23)17-7-8-18-16-6-5-14-11-15(24)9-10-20(14,2)19(16)22(4,25)12-21(17,18)3/h5,16-20,25-26H,6-14H2,1-4H3;4,15-17,19-20,24H,5-13H2,1-3H3;5,15-19,24-25H,6-12H2,1-4H3/t16-,17?,18?,19-,20?,21-,22-,23-;15-,16?,17?,19-,20?,21-,22-;15-,16?,17+,18?,19?,20-,21+,22-/m000/s1. The molecule has 0 bridgehead atoms. The zero-order valence-electron chi connectivity index (χ0n) is 51.3. The summed E-state index contributed by atoms with van der Waals surface area (Å²) in [4.78, 5) is 25.9. The third-order valence-electron chi connectivity index (χ3n) is 27.8. The Labute approximate surface area is 480 Å². The highest BCUT2D eigenvalue weighted by Crippen LogP contribution is 2.73. The fourth-order valence-corrected chi connectivity index (χ4v) is 25.2. The predicted octanol–water partition coefficient (Wildman–Crippen LogP) is 11.8. The second-order valence-electron chi connectivity index (χ2n) is 32.2. The highest BCUT2D eigenvalue weighted by atomic mass is 16.7. The molecular weight excluding hydrogens is 1000 g/mol. The number of ketones is 2. The third kappa shape index (κ3) is 8.81. The molecule has 14 rings (SSSR count). The van der Waals surface area contributed by atoms with E-state index >= 15 is 0 Å². The summed E-state index contributed by atoms with van der Waals surface area (Å²) in [7, 11) is 0. The van der Waals surface area contributed by atoms with Crippen molar-refractivity contribution >= 4 is 11.6 Å². The first kappa shape index (κ1) is 58.6. The quantitative estimate of drug-likeness (QED) is 0.170. The monoisotopic (exact) mass is 1110 g/mol. The molecule has 448 valence electrons. The highest BCUT2D eigenvalue weighted by molar-refractivity contribution is 5.85. The number of rotatable bonds is 3. The Morgan fingerprint density at radius 3 is 1.32 bits per heavy atom. The molecule has 9 unspecified atom stereocenters. The van der Waals surface area contributed by atoms with Gasteiger partial charge in [0.05, 0.1) is 55.9 Å². The van der Waals surface area contributed by atoms with Crippen LogP contribution in [0.25, 0.3) is 0 Å². The van der Waals surface area contributed by atoms with Crippen molar-refractivity contribution in [3.8, 4) is 0 Å². The summed E-state index contributed by atoms with van der Waals surface area (Å²) in [6, 6.07) is 0. The first-order valence-corrected chi connectivity index (χ1v) is 32.6. The van der Waals surface area contributed by atoms with Crippen molar-refractivity contribution in [2.24, 2.45) is 104 Å². The van der Waals surface area contributed by atoms with Crippen LogP contribution in [0, 0.1) is 104 Å².